The van der Waals surface area contributed by atoms with Crippen LogP contribution in [0.3, 0.4) is 0 Å². The lowest BCUT2D eigenvalue weighted by atomic mass is 10.3. The van der Waals surface area contributed by atoms with Crippen molar-refractivity contribution in [3.63, 3.8) is 0 Å². The Morgan fingerprint density at radius 2 is 1.56 bits per heavy atom. The average Bonchev–Trinajstić information content (AvgIpc) is 2.37. The largest absolute Gasteiger partial charge is 0.490 e. The van der Waals surface area contributed by atoms with Crippen LogP contribution in [0.1, 0.15) is 0 Å². The van der Waals surface area contributed by atoms with Gasteiger partial charge in [0.2, 0.25) is 0 Å². The fraction of sp³-hybridized carbons (Fsp3) is 0.143. The molecule has 0 saturated carbocycles. The lowest BCUT2D eigenvalue weighted by Crippen LogP contribution is -2.08. The Balaban J connectivity index is 1.74. The molecule has 4 heteroatoms. The summed E-state index contributed by atoms with van der Waals surface area (Å²) < 4.78 is 12.1. The summed E-state index contributed by atoms with van der Waals surface area (Å²) in [6, 6.07) is 15.0. The van der Waals surface area contributed by atoms with Gasteiger partial charge >= 0.3 is 0 Å². The summed E-state index contributed by atoms with van der Waals surface area (Å²) in [4.78, 5) is 0. The van der Waals surface area contributed by atoms with E-state index in [1.807, 2.05) is 36.4 Å². The first-order valence-corrected chi connectivity index (χ1v) is 6.68. The zero-order chi connectivity index (χ0) is 12.8. The standard InChI is InChI=1S/C14H12BrClO2/c15-11-2-1-3-14(10-11)18-9-8-17-13-6-4-12(16)5-7-13/h1-7,10H,8-9H2. The van der Waals surface area contributed by atoms with Gasteiger partial charge in [-0.15, -0.1) is 0 Å². The van der Waals surface area contributed by atoms with Crippen LogP contribution in [-0.2, 0) is 0 Å². The molecule has 0 amide bonds. The van der Waals surface area contributed by atoms with Gasteiger partial charge in [0.25, 0.3) is 0 Å². The Morgan fingerprint density at radius 1 is 0.889 bits per heavy atom. The Labute approximate surface area is 120 Å². The second-order valence-corrected chi connectivity index (χ2v) is 4.96. The Bertz CT molecular complexity index is 499. The van der Waals surface area contributed by atoms with E-state index < -0.39 is 0 Å². The monoisotopic (exact) mass is 326 g/mol. The highest BCUT2D eigenvalue weighted by atomic mass is 79.9. The highest BCUT2D eigenvalue weighted by Crippen LogP contribution is 2.18. The summed E-state index contributed by atoms with van der Waals surface area (Å²) in [5.41, 5.74) is 0. The Kier molecular flexibility index (Phi) is 4.90. The maximum atomic E-state index is 5.78. The second kappa shape index (κ2) is 6.66. The molecule has 0 N–H and O–H groups in total. The van der Waals surface area contributed by atoms with Gasteiger partial charge in [0.05, 0.1) is 0 Å². The van der Waals surface area contributed by atoms with Crippen molar-refractivity contribution in [2.24, 2.45) is 0 Å². The smallest absolute Gasteiger partial charge is 0.122 e. The van der Waals surface area contributed by atoms with Gasteiger partial charge in [-0.25, -0.2) is 0 Å². The van der Waals surface area contributed by atoms with E-state index >= 15 is 0 Å². The highest BCUT2D eigenvalue weighted by Gasteiger charge is 1.96. The minimum Gasteiger partial charge on any atom is -0.490 e. The third-order valence-electron chi connectivity index (χ3n) is 2.23. The molecule has 2 aromatic carbocycles. The second-order valence-electron chi connectivity index (χ2n) is 3.61. The molecule has 94 valence electrons. The van der Waals surface area contributed by atoms with Gasteiger partial charge in [-0.1, -0.05) is 33.6 Å². The fourth-order valence-corrected chi connectivity index (χ4v) is 1.91. The van der Waals surface area contributed by atoms with Gasteiger partial charge in [-0.2, -0.15) is 0 Å². The molecule has 0 heterocycles. The van der Waals surface area contributed by atoms with Gasteiger partial charge in [-0.05, 0) is 42.5 Å². The SMILES string of the molecule is Clc1ccc(OCCOc2cccc(Br)c2)cc1. The van der Waals surface area contributed by atoms with E-state index in [0.717, 1.165) is 16.0 Å². The number of benzene rings is 2. The van der Waals surface area contributed by atoms with Crippen molar-refractivity contribution < 1.29 is 9.47 Å². The number of hydrogen-bond donors (Lipinski definition) is 0. The van der Waals surface area contributed by atoms with Crippen LogP contribution >= 0.6 is 27.5 Å². The molecule has 0 aliphatic heterocycles. The van der Waals surface area contributed by atoms with Crippen molar-refractivity contribution in [1.29, 1.82) is 0 Å². The molecule has 2 aromatic rings. The van der Waals surface area contributed by atoms with Crippen molar-refractivity contribution in [3.8, 4) is 11.5 Å². The molecule has 0 atom stereocenters. The summed E-state index contributed by atoms with van der Waals surface area (Å²) in [6.45, 7) is 0.993. The first kappa shape index (κ1) is 13.2. The van der Waals surface area contributed by atoms with Crippen molar-refractivity contribution >= 4 is 27.5 Å². The third kappa shape index (κ3) is 4.24. The molecule has 0 spiro atoms. The number of ether oxygens (including phenoxy) is 2. The summed E-state index contributed by atoms with van der Waals surface area (Å²) in [5, 5.41) is 0.702. The van der Waals surface area contributed by atoms with Gasteiger partial charge in [-0.3, -0.25) is 0 Å². The van der Waals surface area contributed by atoms with E-state index in [2.05, 4.69) is 15.9 Å². The molecule has 2 nitrogen and oxygen atoms in total. The van der Waals surface area contributed by atoms with Crippen LogP contribution in [0.4, 0.5) is 0 Å². The van der Waals surface area contributed by atoms with Crippen LogP contribution in [0.15, 0.2) is 53.0 Å². The van der Waals surface area contributed by atoms with E-state index in [0.29, 0.717) is 18.2 Å². The summed E-state index contributed by atoms with van der Waals surface area (Å²) in [7, 11) is 0. The van der Waals surface area contributed by atoms with Crippen LogP contribution in [0, 0.1) is 0 Å². The molecule has 0 aromatic heterocycles. The minimum atomic E-state index is 0.494. The first-order chi connectivity index (χ1) is 8.74. The van der Waals surface area contributed by atoms with Crippen LogP contribution in [0.25, 0.3) is 0 Å². The van der Waals surface area contributed by atoms with Crippen molar-refractivity contribution in [1.82, 2.24) is 0 Å². The topological polar surface area (TPSA) is 18.5 Å². The van der Waals surface area contributed by atoms with Gasteiger partial charge < -0.3 is 9.47 Å². The Morgan fingerprint density at radius 3 is 2.22 bits per heavy atom. The van der Waals surface area contributed by atoms with E-state index in [4.69, 9.17) is 21.1 Å². The third-order valence-corrected chi connectivity index (χ3v) is 2.98. The van der Waals surface area contributed by atoms with Crippen LogP contribution in [-0.4, -0.2) is 13.2 Å². The molecule has 0 fully saturated rings. The highest BCUT2D eigenvalue weighted by molar-refractivity contribution is 9.10. The molecular formula is C14H12BrClO2. The number of rotatable bonds is 5. The first-order valence-electron chi connectivity index (χ1n) is 5.51. The van der Waals surface area contributed by atoms with Crippen molar-refractivity contribution in [3.05, 3.63) is 58.0 Å². The number of hydrogen-bond acceptors (Lipinski definition) is 2. The molecule has 0 saturated heterocycles. The predicted octanol–water partition coefficient (Wildman–Crippen LogP) is 4.56. The molecular weight excluding hydrogens is 316 g/mol. The maximum absolute atomic E-state index is 5.78. The normalized spacial score (nSPS) is 10.1. The van der Waals surface area contributed by atoms with E-state index in [-0.39, 0.29) is 0 Å². The lowest BCUT2D eigenvalue weighted by Gasteiger charge is -2.08. The molecule has 18 heavy (non-hydrogen) atoms. The van der Waals surface area contributed by atoms with Crippen molar-refractivity contribution in [2.45, 2.75) is 0 Å². The summed E-state index contributed by atoms with van der Waals surface area (Å²) in [5.74, 6) is 1.61. The molecule has 0 aliphatic rings. The van der Waals surface area contributed by atoms with E-state index in [1.165, 1.54) is 0 Å². The summed E-state index contributed by atoms with van der Waals surface area (Å²) in [6.07, 6.45) is 0. The predicted molar refractivity (Wildman–Crippen MR) is 76.6 cm³/mol. The lowest BCUT2D eigenvalue weighted by molar-refractivity contribution is 0.217. The Hall–Kier alpha value is -1.19. The molecule has 0 bridgehead atoms. The zero-order valence-electron chi connectivity index (χ0n) is 9.61. The van der Waals surface area contributed by atoms with Crippen LogP contribution in [0.5, 0.6) is 11.5 Å². The van der Waals surface area contributed by atoms with Gasteiger partial charge in [0.1, 0.15) is 24.7 Å². The van der Waals surface area contributed by atoms with Gasteiger partial charge in [0.15, 0.2) is 0 Å². The number of halogens is 2. The maximum Gasteiger partial charge on any atom is 0.122 e. The van der Waals surface area contributed by atoms with Crippen molar-refractivity contribution in [2.75, 3.05) is 13.2 Å². The quantitative estimate of drug-likeness (QED) is 0.750. The average molecular weight is 328 g/mol. The molecule has 2 rings (SSSR count). The molecule has 0 aliphatic carbocycles. The summed E-state index contributed by atoms with van der Waals surface area (Å²) >= 11 is 9.17. The fourth-order valence-electron chi connectivity index (χ4n) is 1.41. The van der Waals surface area contributed by atoms with E-state index in [1.54, 1.807) is 12.1 Å². The van der Waals surface area contributed by atoms with Gasteiger partial charge in [0, 0.05) is 9.50 Å². The molecule has 0 radical (unpaired) electrons. The van der Waals surface area contributed by atoms with E-state index in [9.17, 15) is 0 Å². The van der Waals surface area contributed by atoms with Crippen LogP contribution < -0.4 is 9.47 Å². The van der Waals surface area contributed by atoms with Crippen LogP contribution in [0.2, 0.25) is 5.02 Å². The minimum absolute atomic E-state index is 0.494. The molecule has 0 unspecified atom stereocenters. The zero-order valence-corrected chi connectivity index (χ0v) is 11.9.